The maximum Gasteiger partial charge on any atom is 0.0991 e. The molecule has 0 aliphatic rings. The highest BCUT2D eigenvalue weighted by Crippen LogP contribution is 2.05. The van der Waals surface area contributed by atoms with Gasteiger partial charge in [0, 0.05) is 0 Å². The zero-order chi connectivity index (χ0) is 7.98. The summed E-state index contributed by atoms with van der Waals surface area (Å²) in [6.45, 7) is 3.63. The van der Waals surface area contributed by atoms with Gasteiger partial charge in [-0.25, -0.2) is 0 Å². The summed E-state index contributed by atoms with van der Waals surface area (Å²) in [6.07, 6.45) is 8.33. The molecule has 10 heavy (non-hydrogen) atoms. The van der Waals surface area contributed by atoms with Gasteiger partial charge >= 0.3 is 0 Å². The fourth-order valence-corrected chi connectivity index (χ4v) is 0.583. The average Bonchev–Trinajstić information content (AvgIpc) is 1.91. The number of nitriles is 1. The summed E-state index contributed by atoms with van der Waals surface area (Å²) >= 11 is 0. The number of terminal acetylenes is 1. The fraction of sp³-hybridized carbons (Fsp3) is 0.222. The molecule has 1 nitrogen and oxygen atoms in total. The minimum absolute atomic E-state index is 0.637. The maximum absolute atomic E-state index is 8.50. The minimum atomic E-state index is 0.637. The number of rotatable bonds is 1. The van der Waals surface area contributed by atoms with E-state index < -0.39 is 0 Å². The zero-order valence-electron chi connectivity index (χ0n) is 6.18. The summed E-state index contributed by atoms with van der Waals surface area (Å²) in [5.41, 5.74) is 1.48. The number of nitrogens with zero attached hydrogens (tertiary/aromatic N) is 1. The van der Waals surface area contributed by atoms with Crippen LogP contribution < -0.4 is 0 Å². The summed E-state index contributed by atoms with van der Waals surface area (Å²) in [5, 5.41) is 8.50. The molecule has 0 aromatic rings. The Kier molecular flexibility index (Phi) is 3.76. The third-order valence-electron chi connectivity index (χ3n) is 1.13. The Morgan fingerprint density at radius 2 is 2.20 bits per heavy atom. The highest BCUT2D eigenvalue weighted by molar-refractivity contribution is 5.42. The second kappa shape index (κ2) is 4.41. The average molecular weight is 131 g/mol. The molecule has 50 valence electrons. The van der Waals surface area contributed by atoms with Crippen molar-refractivity contribution in [2.24, 2.45) is 0 Å². The summed E-state index contributed by atoms with van der Waals surface area (Å²) in [7, 11) is 0. The van der Waals surface area contributed by atoms with Crippen molar-refractivity contribution in [1.82, 2.24) is 0 Å². The number of hydrogen-bond acceptors (Lipinski definition) is 1. The Hall–Kier alpha value is -1.47. The monoisotopic (exact) mass is 131 g/mol. The highest BCUT2D eigenvalue weighted by Gasteiger charge is 1.92. The van der Waals surface area contributed by atoms with Crippen LogP contribution >= 0.6 is 0 Å². The fourth-order valence-electron chi connectivity index (χ4n) is 0.583. The molecule has 0 amide bonds. The summed E-state index contributed by atoms with van der Waals surface area (Å²) in [4.78, 5) is 0. The molecule has 0 aliphatic heterocycles. The van der Waals surface area contributed by atoms with E-state index in [9.17, 15) is 0 Å². The van der Waals surface area contributed by atoms with Gasteiger partial charge in [0.1, 0.15) is 0 Å². The molecule has 0 aromatic carbocycles. The predicted octanol–water partition coefficient (Wildman–Crippen LogP) is 2.04. The molecular formula is C9H9N. The second-order valence-corrected chi connectivity index (χ2v) is 1.81. The van der Waals surface area contributed by atoms with Crippen LogP contribution in [0.4, 0.5) is 0 Å². The molecule has 0 spiro atoms. The first-order chi connectivity index (χ1) is 4.76. The van der Waals surface area contributed by atoms with E-state index in [1.165, 1.54) is 0 Å². The van der Waals surface area contributed by atoms with Crippen molar-refractivity contribution >= 4 is 0 Å². The second-order valence-electron chi connectivity index (χ2n) is 1.81. The maximum atomic E-state index is 8.50. The van der Waals surface area contributed by atoms with E-state index in [-0.39, 0.29) is 0 Å². The third-order valence-corrected chi connectivity index (χ3v) is 1.13. The van der Waals surface area contributed by atoms with Crippen LogP contribution in [0.5, 0.6) is 0 Å². The molecule has 0 N–H and O–H groups in total. The van der Waals surface area contributed by atoms with Gasteiger partial charge in [-0.2, -0.15) is 5.26 Å². The zero-order valence-corrected chi connectivity index (χ0v) is 6.18. The Morgan fingerprint density at radius 3 is 2.50 bits per heavy atom. The summed E-state index contributed by atoms with van der Waals surface area (Å²) < 4.78 is 0. The smallest absolute Gasteiger partial charge is 0.0991 e. The highest BCUT2D eigenvalue weighted by atomic mass is 14.2. The van der Waals surface area contributed by atoms with Gasteiger partial charge in [-0.1, -0.05) is 12.0 Å². The number of allylic oxidation sites excluding steroid dienone is 4. The van der Waals surface area contributed by atoms with Crippen LogP contribution in [0.25, 0.3) is 0 Å². The molecule has 0 heterocycles. The summed E-state index contributed by atoms with van der Waals surface area (Å²) in [6, 6.07) is 2.03. The van der Waals surface area contributed by atoms with E-state index in [1.54, 1.807) is 12.2 Å². The molecule has 0 unspecified atom stereocenters. The van der Waals surface area contributed by atoms with Crippen molar-refractivity contribution < 1.29 is 0 Å². The minimum Gasteiger partial charge on any atom is -0.192 e. The molecule has 0 saturated carbocycles. The van der Waals surface area contributed by atoms with E-state index in [2.05, 4.69) is 5.92 Å². The lowest BCUT2D eigenvalue weighted by molar-refractivity contribution is 1.39. The lowest BCUT2D eigenvalue weighted by Gasteiger charge is -1.91. The molecule has 0 atom stereocenters. The molecule has 0 aromatic heterocycles. The lowest BCUT2D eigenvalue weighted by Crippen LogP contribution is -1.78. The molecule has 0 fully saturated rings. The van der Waals surface area contributed by atoms with Crippen molar-refractivity contribution in [2.75, 3.05) is 0 Å². The van der Waals surface area contributed by atoms with Gasteiger partial charge in [0.2, 0.25) is 0 Å². The van der Waals surface area contributed by atoms with Crippen LogP contribution in [0.3, 0.4) is 0 Å². The van der Waals surface area contributed by atoms with Crippen molar-refractivity contribution in [3.05, 3.63) is 23.3 Å². The van der Waals surface area contributed by atoms with E-state index in [0.29, 0.717) is 5.57 Å². The first-order valence-electron chi connectivity index (χ1n) is 2.96. The Balaban J connectivity index is 4.56. The Bertz CT molecular complexity index is 243. The van der Waals surface area contributed by atoms with Crippen LogP contribution in [0.1, 0.15) is 13.8 Å². The van der Waals surface area contributed by atoms with Crippen LogP contribution in [0.2, 0.25) is 0 Å². The standard InChI is InChI=1S/C9H9N/c1-4-6-8(3)9(5-2)7-10/h1,5-6H,2-3H3/b8-6-,9-5-. The molecule has 1 heteroatoms. The van der Waals surface area contributed by atoms with Gasteiger partial charge in [0.05, 0.1) is 11.6 Å². The van der Waals surface area contributed by atoms with E-state index in [4.69, 9.17) is 11.7 Å². The van der Waals surface area contributed by atoms with Crippen LogP contribution in [-0.2, 0) is 0 Å². The van der Waals surface area contributed by atoms with Crippen molar-refractivity contribution in [3.63, 3.8) is 0 Å². The van der Waals surface area contributed by atoms with Gasteiger partial charge in [-0.3, -0.25) is 0 Å². The lowest BCUT2D eigenvalue weighted by atomic mass is 10.1. The topological polar surface area (TPSA) is 23.8 Å². The SMILES string of the molecule is C#C/C=C(C)\C(C#N)=C/C. The van der Waals surface area contributed by atoms with E-state index in [0.717, 1.165) is 5.57 Å². The number of hydrogen-bond donors (Lipinski definition) is 0. The van der Waals surface area contributed by atoms with Gasteiger partial charge in [0.15, 0.2) is 0 Å². The van der Waals surface area contributed by atoms with Crippen molar-refractivity contribution in [3.8, 4) is 18.4 Å². The van der Waals surface area contributed by atoms with Gasteiger partial charge in [-0.05, 0) is 25.5 Å². The summed E-state index contributed by atoms with van der Waals surface area (Å²) in [5.74, 6) is 2.36. The third kappa shape index (κ3) is 2.20. The molecule has 0 bridgehead atoms. The molecule has 0 aliphatic carbocycles. The largest absolute Gasteiger partial charge is 0.192 e. The first-order valence-corrected chi connectivity index (χ1v) is 2.96. The van der Waals surface area contributed by atoms with Gasteiger partial charge in [0.25, 0.3) is 0 Å². The van der Waals surface area contributed by atoms with Crippen LogP contribution in [-0.4, -0.2) is 0 Å². The van der Waals surface area contributed by atoms with Crippen molar-refractivity contribution in [1.29, 1.82) is 5.26 Å². The van der Waals surface area contributed by atoms with E-state index >= 15 is 0 Å². The molecule has 0 rings (SSSR count). The Morgan fingerprint density at radius 1 is 1.60 bits per heavy atom. The van der Waals surface area contributed by atoms with Crippen molar-refractivity contribution in [2.45, 2.75) is 13.8 Å². The van der Waals surface area contributed by atoms with Gasteiger partial charge < -0.3 is 0 Å². The van der Waals surface area contributed by atoms with Gasteiger partial charge in [-0.15, -0.1) is 6.42 Å². The molecule has 0 saturated heterocycles. The normalized spacial score (nSPS) is 12.0. The van der Waals surface area contributed by atoms with Crippen LogP contribution in [0.15, 0.2) is 23.3 Å². The molecule has 0 radical (unpaired) electrons. The Labute approximate surface area is 61.7 Å². The first kappa shape index (κ1) is 8.53. The molecular weight excluding hydrogens is 122 g/mol. The van der Waals surface area contributed by atoms with E-state index in [1.807, 2.05) is 19.9 Å². The predicted molar refractivity (Wildman–Crippen MR) is 42.0 cm³/mol. The van der Waals surface area contributed by atoms with Crippen LogP contribution in [0, 0.1) is 23.7 Å². The quantitative estimate of drug-likeness (QED) is 0.303.